The van der Waals surface area contributed by atoms with Crippen molar-refractivity contribution in [1.82, 2.24) is 14.8 Å². The highest BCUT2D eigenvalue weighted by Crippen LogP contribution is 2.24. The van der Waals surface area contributed by atoms with Crippen LogP contribution in [-0.2, 0) is 0 Å². The van der Waals surface area contributed by atoms with Crippen LogP contribution in [0.25, 0.3) is 17.1 Å². The average molecular weight is 421 g/mol. The fourth-order valence-electron chi connectivity index (χ4n) is 2.98. The summed E-state index contributed by atoms with van der Waals surface area (Å²) in [5, 5.41) is 7.67. The van der Waals surface area contributed by atoms with Gasteiger partial charge in [-0.3, -0.25) is 4.79 Å². The summed E-state index contributed by atoms with van der Waals surface area (Å²) in [5.74, 6) is -0.497. The molecule has 0 atom stereocenters. The predicted molar refractivity (Wildman–Crippen MR) is 116 cm³/mol. The minimum absolute atomic E-state index is 0.0255. The Hall–Kier alpha value is -3.51. The van der Waals surface area contributed by atoms with Gasteiger partial charge in [0, 0.05) is 16.3 Å². The Labute approximate surface area is 178 Å². The molecule has 0 aliphatic carbocycles. The van der Waals surface area contributed by atoms with Gasteiger partial charge < -0.3 is 5.32 Å². The van der Waals surface area contributed by atoms with Gasteiger partial charge in [-0.05, 0) is 79.6 Å². The number of amides is 1. The van der Waals surface area contributed by atoms with Gasteiger partial charge in [0.15, 0.2) is 5.82 Å². The molecule has 7 heteroatoms. The second kappa shape index (κ2) is 8.08. The highest BCUT2D eigenvalue weighted by molar-refractivity contribution is 6.30. The van der Waals surface area contributed by atoms with Crippen molar-refractivity contribution in [3.8, 4) is 17.1 Å². The molecule has 0 radical (unpaired) electrons. The Morgan fingerprint density at radius 1 is 1.00 bits per heavy atom. The van der Waals surface area contributed by atoms with Crippen molar-refractivity contribution in [2.75, 3.05) is 5.32 Å². The van der Waals surface area contributed by atoms with Gasteiger partial charge in [0.25, 0.3) is 5.91 Å². The van der Waals surface area contributed by atoms with Crippen molar-refractivity contribution in [3.63, 3.8) is 0 Å². The van der Waals surface area contributed by atoms with Crippen LogP contribution in [0.15, 0.2) is 66.7 Å². The van der Waals surface area contributed by atoms with E-state index in [0.717, 1.165) is 22.4 Å². The van der Waals surface area contributed by atoms with Gasteiger partial charge in [-0.1, -0.05) is 23.7 Å². The second-order valence-corrected chi connectivity index (χ2v) is 7.35. The van der Waals surface area contributed by atoms with Crippen LogP contribution in [0.1, 0.15) is 21.7 Å². The number of halogens is 2. The number of hydrogen-bond donors (Lipinski definition) is 1. The number of hydrogen-bond acceptors (Lipinski definition) is 3. The predicted octanol–water partition coefficient (Wildman–Crippen LogP) is 5.60. The summed E-state index contributed by atoms with van der Waals surface area (Å²) in [6, 6.07) is 18.7. The van der Waals surface area contributed by atoms with Crippen LogP contribution in [0.3, 0.4) is 0 Å². The maximum absolute atomic E-state index is 13.4. The van der Waals surface area contributed by atoms with Gasteiger partial charge in [-0.2, -0.15) is 0 Å². The first-order chi connectivity index (χ1) is 14.4. The Morgan fingerprint density at radius 2 is 1.77 bits per heavy atom. The van der Waals surface area contributed by atoms with E-state index in [4.69, 9.17) is 11.6 Å². The molecule has 150 valence electrons. The molecule has 30 heavy (non-hydrogen) atoms. The lowest BCUT2D eigenvalue weighted by Gasteiger charge is -2.08. The van der Waals surface area contributed by atoms with Crippen molar-refractivity contribution in [3.05, 3.63) is 94.5 Å². The highest BCUT2D eigenvalue weighted by Gasteiger charge is 2.19. The number of benzene rings is 3. The zero-order valence-electron chi connectivity index (χ0n) is 16.4. The van der Waals surface area contributed by atoms with E-state index in [-0.39, 0.29) is 5.82 Å². The van der Waals surface area contributed by atoms with Gasteiger partial charge in [0.1, 0.15) is 5.82 Å². The van der Waals surface area contributed by atoms with Crippen molar-refractivity contribution in [2.24, 2.45) is 0 Å². The molecule has 4 aromatic rings. The molecule has 0 unspecified atom stereocenters. The maximum atomic E-state index is 13.4. The number of aryl methyl sites for hydroxylation is 2. The number of carbonyl (C=O) groups excluding carboxylic acids is 1. The molecule has 0 bridgehead atoms. The summed E-state index contributed by atoms with van der Waals surface area (Å²) in [4.78, 5) is 17.2. The normalized spacial score (nSPS) is 10.8. The molecule has 1 N–H and O–H groups in total. The van der Waals surface area contributed by atoms with E-state index in [0.29, 0.717) is 16.5 Å². The average Bonchev–Trinajstić information content (AvgIpc) is 3.16. The third-order valence-corrected chi connectivity index (χ3v) is 4.98. The Bertz CT molecular complexity index is 1230. The van der Waals surface area contributed by atoms with Crippen molar-refractivity contribution >= 4 is 23.2 Å². The van der Waals surface area contributed by atoms with E-state index in [1.54, 1.807) is 22.9 Å². The molecule has 1 amide bonds. The zero-order chi connectivity index (χ0) is 21.3. The standard InChI is InChI=1S/C23H18ClFN4O/c1-14-6-11-20(12-15(14)2)29-22(16-7-9-17(24)10-8-16)27-21(28-29)23(30)26-19-5-3-4-18(25)13-19/h3-13H,1-2H3,(H,26,30). The smallest absolute Gasteiger partial charge is 0.295 e. The lowest BCUT2D eigenvalue weighted by Crippen LogP contribution is -2.14. The first kappa shape index (κ1) is 19.8. The third kappa shape index (κ3) is 4.09. The van der Waals surface area contributed by atoms with Gasteiger partial charge in [0.05, 0.1) is 5.69 Å². The van der Waals surface area contributed by atoms with Crippen molar-refractivity contribution in [1.29, 1.82) is 0 Å². The van der Waals surface area contributed by atoms with Crippen LogP contribution in [-0.4, -0.2) is 20.7 Å². The summed E-state index contributed by atoms with van der Waals surface area (Å²) < 4.78 is 15.1. The number of anilines is 1. The van der Waals surface area contributed by atoms with E-state index in [9.17, 15) is 9.18 Å². The lowest BCUT2D eigenvalue weighted by molar-refractivity contribution is 0.101. The summed E-state index contributed by atoms with van der Waals surface area (Å²) in [5.41, 5.74) is 4.11. The monoisotopic (exact) mass is 420 g/mol. The molecule has 0 fully saturated rings. The molecule has 0 spiro atoms. The number of carbonyl (C=O) groups is 1. The van der Waals surface area contributed by atoms with E-state index < -0.39 is 11.7 Å². The van der Waals surface area contributed by atoms with Crippen LogP contribution in [0, 0.1) is 19.7 Å². The minimum atomic E-state index is -0.529. The third-order valence-electron chi connectivity index (χ3n) is 4.73. The van der Waals surface area contributed by atoms with Gasteiger partial charge >= 0.3 is 0 Å². The molecular formula is C23H18ClFN4O. The molecule has 0 saturated carbocycles. The second-order valence-electron chi connectivity index (χ2n) is 6.91. The Morgan fingerprint density at radius 3 is 2.47 bits per heavy atom. The van der Waals surface area contributed by atoms with Crippen LogP contribution < -0.4 is 5.32 Å². The van der Waals surface area contributed by atoms with Gasteiger partial charge in [-0.15, -0.1) is 5.10 Å². The molecule has 1 aromatic heterocycles. The van der Waals surface area contributed by atoms with Gasteiger partial charge in [0.2, 0.25) is 5.82 Å². The van der Waals surface area contributed by atoms with Crippen LogP contribution in [0.4, 0.5) is 10.1 Å². The number of nitrogens with one attached hydrogen (secondary N) is 1. The van der Waals surface area contributed by atoms with Gasteiger partial charge in [-0.25, -0.2) is 14.1 Å². The molecular weight excluding hydrogens is 403 g/mol. The number of aromatic nitrogens is 3. The minimum Gasteiger partial charge on any atom is -0.319 e. The zero-order valence-corrected chi connectivity index (χ0v) is 17.1. The highest BCUT2D eigenvalue weighted by atomic mass is 35.5. The van der Waals surface area contributed by atoms with Crippen LogP contribution in [0.5, 0.6) is 0 Å². The molecule has 0 saturated heterocycles. The molecule has 5 nitrogen and oxygen atoms in total. The van der Waals surface area contributed by atoms with Crippen LogP contribution >= 0.6 is 11.6 Å². The summed E-state index contributed by atoms with van der Waals surface area (Å²) in [6.07, 6.45) is 0. The molecule has 1 heterocycles. The largest absolute Gasteiger partial charge is 0.319 e. The van der Waals surface area contributed by atoms with E-state index in [1.807, 2.05) is 44.2 Å². The molecule has 0 aliphatic heterocycles. The lowest BCUT2D eigenvalue weighted by atomic mass is 10.1. The fourth-order valence-corrected chi connectivity index (χ4v) is 3.11. The Kier molecular flexibility index (Phi) is 5.33. The first-order valence-corrected chi connectivity index (χ1v) is 9.66. The first-order valence-electron chi connectivity index (χ1n) is 9.28. The summed E-state index contributed by atoms with van der Waals surface area (Å²) >= 11 is 6.02. The quantitative estimate of drug-likeness (QED) is 0.467. The van der Waals surface area contributed by atoms with E-state index in [1.165, 1.54) is 18.2 Å². The Balaban J connectivity index is 1.77. The van der Waals surface area contributed by atoms with Crippen molar-refractivity contribution < 1.29 is 9.18 Å². The molecule has 4 rings (SSSR count). The fraction of sp³-hybridized carbons (Fsp3) is 0.0870. The topological polar surface area (TPSA) is 59.8 Å². The SMILES string of the molecule is Cc1ccc(-n2nc(C(=O)Nc3cccc(F)c3)nc2-c2ccc(Cl)cc2)cc1C. The summed E-state index contributed by atoms with van der Waals surface area (Å²) in [7, 11) is 0. The van der Waals surface area contributed by atoms with E-state index >= 15 is 0 Å². The van der Waals surface area contributed by atoms with Crippen LogP contribution in [0.2, 0.25) is 5.02 Å². The molecule has 0 aliphatic rings. The summed E-state index contributed by atoms with van der Waals surface area (Å²) in [6.45, 7) is 4.04. The number of nitrogens with zero attached hydrogens (tertiary/aromatic N) is 3. The van der Waals surface area contributed by atoms with Crippen molar-refractivity contribution in [2.45, 2.75) is 13.8 Å². The van der Waals surface area contributed by atoms with E-state index in [2.05, 4.69) is 15.4 Å². The molecule has 3 aromatic carbocycles. The maximum Gasteiger partial charge on any atom is 0.295 e. The number of rotatable bonds is 4.